The van der Waals surface area contributed by atoms with E-state index in [4.69, 9.17) is 0 Å². The third kappa shape index (κ3) is 5.05. The fourth-order valence-electron chi connectivity index (χ4n) is 2.77. The lowest BCUT2D eigenvalue weighted by Crippen LogP contribution is -2.31. The van der Waals surface area contributed by atoms with Crippen molar-refractivity contribution in [3.63, 3.8) is 0 Å². The van der Waals surface area contributed by atoms with Gasteiger partial charge < -0.3 is 0 Å². The molecule has 0 amide bonds. The summed E-state index contributed by atoms with van der Waals surface area (Å²) in [4.78, 5) is 4.52. The van der Waals surface area contributed by atoms with Gasteiger partial charge in [-0.25, -0.2) is 13.4 Å². The van der Waals surface area contributed by atoms with E-state index in [0.29, 0.717) is 12.2 Å². The van der Waals surface area contributed by atoms with E-state index >= 15 is 0 Å². The number of rotatable bonds is 9. The number of benzene rings is 2. The van der Waals surface area contributed by atoms with Crippen LogP contribution in [0.15, 0.2) is 88.8 Å². The molecule has 0 unspecified atom stereocenters. The Kier molecular flexibility index (Phi) is 6.95. The minimum absolute atomic E-state index is 0.238. The standard InChI is InChI=1S/C21H23N3O2S2/c1-2-24(18-9-5-3-6-10-18)28(25,26)20-13-14-21(23-17-20)22-15-16-27-19-11-7-4-8-12-19/h3-14,17H,2,15-16H2,1H3,(H,22,23)/p+1. The van der Waals surface area contributed by atoms with Gasteiger partial charge >= 0.3 is 0 Å². The molecular weight excluding hydrogens is 390 g/mol. The van der Waals surface area contributed by atoms with E-state index in [1.165, 1.54) is 15.4 Å². The Bertz CT molecular complexity index is 964. The lowest BCUT2D eigenvalue weighted by atomic mass is 10.3. The number of nitrogens with one attached hydrogen (secondary N) is 2. The van der Waals surface area contributed by atoms with Crippen molar-refractivity contribution in [1.29, 1.82) is 0 Å². The average molecular weight is 415 g/mol. The highest BCUT2D eigenvalue weighted by Crippen LogP contribution is 2.22. The number of thioether (sulfide) groups is 1. The molecule has 0 aliphatic rings. The van der Waals surface area contributed by atoms with Gasteiger partial charge in [0.2, 0.25) is 0 Å². The first-order chi connectivity index (χ1) is 13.6. The maximum absolute atomic E-state index is 13.0. The number of sulfonamides is 1. The lowest BCUT2D eigenvalue weighted by Gasteiger charge is -2.22. The summed E-state index contributed by atoms with van der Waals surface area (Å²) < 4.78 is 27.4. The van der Waals surface area contributed by atoms with Crippen LogP contribution in [0, 0.1) is 0 Å². The van der Waals surface area contributed by atoms with E-state index in [9.17, 15) is 8.42 Å². The Balaban J connectivity index is 1.61. The molecule has 1 heterocycles. The summed E-state index contributed by atoms with van der Waals surface area (Å²) in [7, 11) is -3.61. The second kappa shape index (κ2) is 9.61. The Labute approximate surface area is 170 Å². The molecule has 1 aromatic heterocycles. The zero-order valence-corrected chi connectivity index (χ0v) is 17.3. The highest BCUT2D eigenvalue weighted by atomic mass is 32.2. The van der Waals surface area contributed by atoms with Gasteiger partial charge in [-0.3, -0.25) is 9.62 Å². The van der Waals surface area contributed by atoms with Crippen molar-refractivity contribution >= 4 is 33.3 Å². The fourth-order valence-corrected chi connectivity index (χ4v) is 5.00. The number of pyridine rings is 1. The highest BCUT2D eigenvalue weighted by Gasteiger charge is 2.24. The Morgan fingerprint density at radius 3 is 2.25 bits per heavy atom. The first-order valence-electron chi connectivity index (χ1n) is 9.12. The molecule has 0 aliphatic carbocycles. The van der Waals surface area contributed by atoms with E-state index in [1.807, 2.05) is 43.3 Å². The van der Waals surface area contributed by atoms with Crippen LogP contribution in [-0.2, 0) is 10.0 Å². The summed E-state index contributed by atoms with van der Waals surface area (Å²) in [6, 6.07) is 22.7. The van der Waals surface area contributed by atoms with Gasteiger partial charge in [0.15, 0.2) is 0 Å². The van der Waals surface area contributed by atoms with Gasteiger partial charge in [0.1, 0.15) is 11.1 Å². The van der Waals surface area contributed by atoms with Gasteiger partial charge in [-0.15, -0.1) is 11.8 Å². The van der Waals surface area contributed by atoms with E-state index in [-0.39, 0.29) is 4.90 Å². The number of aromatic amines is 1. The summed E-state index contributed by atoms with van der Waals surface area (Å²) in [5, 5.41) is 3.28. The van der Waals surface area contributed by atoms with Crippen LogP contribution in [0.3, 0.4) is 0 Å². The summed E-state index contributed by atoms with van der Waals surface area (Å²) in [5.41, 5.74) is 0.658. The third-order valence-corrected chi connectivity index (χ3v) is 7.05. The average Bonchev–Trinajstić information content (AvgIpc) is 2.73. The Morgan fingerprint density at radius 2 is 1.64 bits per heavy atom. The van der Waals surface area contributed by atoms with Crippen LogP contribution in [0.25, 0.3) is 0 Å². The predicted molar refractivity (Wildman–Crippen MR) is 115 cm³/mol. The first kappa shape index (κ1) is 20.2. The molecule has 3 aromatic rings. The van der Waals surface area contributed by atoms with Crippen molar-refractivity contribution in [3.8, 4) is 0 Å². The van der Waals surface area contributed by atoms with Crippen LogP contribution >= 0.6 is 11.8 Å². The number of anilines is 2. The van der Waals surface area contributed by atoms with E-state index in [0.717, 1.165) is 18.1 Å². The van der Waals surface area contributed by atoms with Crippen molar-refractivity contribution < 1.29 is 13.4 Å². The van der Waals surface area contributed by atoms with Crippen LogP contribution in [0.1, 0.15) is 6.92 Å². The molecule has 2 aromatic carbocycles. The van der Waals surface area contributed by atoms with Crippen LogP contribution in [0.5, 0.6) is 0 Å². The second-order valence-electron chi connectivity index (χ2n) is 6.03. The van der Waals surface area contributed by atoms with Gasteiger partial charge in [0.05, 0.1) is 12.2 Å². The Hall–Kier alpha value is -2.51. The molecule has 0 aliphatic heterocycles. The van der Waals surface area contributed by atoms with E-state index in [1.54, 1.807) is 36.0 Å². The molecule has 0 atom stereocenters. The van der Waals surface area contributed by atoms with E-state index < -0.39 is 10.0 Å². The molecule has 0 saturated carbocycles. The van der Waals surface area contributed by atoms with Gasteiger partial charge in [-0.2, -0.15) is 0 Å². The Morgan fingerprint density at radius 1 is 0.964 bits per heavy atom. The van der Waals surface area contributed by atoms with Gasteiger partial charge in [0, 0.05) is 23.3 Å². The van der Waals surface area contributed by atoms with Crippen molar-refractivity contribution in [1.82, 2.24) is 0 Å². The number of H-pyrrole nitrogens is 1. The predicted octanol–water partition coefficient (Wildman–Crippen LogP) is 3.92. The quantitative estimate of drug-likeness (QED) is 0.426. The molecule has 0 saturated heterocycles. The van der Waals surface area contributed by atoms with E-state index in [2.05, 4.69) is 22.4 Å². The molecular formula is C21H24N3O2S2+. The molecule has 0 spiro atoms. The molecule has 7 heteroatoms. The maximum atomic E-state index is 13.0. The topological polar surface area (TPSA) is 63.6 Å². The lowest BCUT2D eigenvalue weighted by molar-refractivity contribution is -0.364. The number of aromatic nitrogens is 1. The summed E-state index contributed by atoms with van der Waals surface area (Å²) >= 11 is 1.77. The molecule has 146 valence electrons. The third-order valence-electron chi connectivity index (χ3n) is 4.13. The number of para-hydroxylation sites is 1. The number of hydrogen-bond donors (Lipinski definition) is 1. The van der Waals surface area contributed by atoms with Crippen LogP contribution in [-0.4, -0.2) is 27.3 Å². The van der Waals surface area contributed by atoms with Crippen LogP contribution in [0.2, 0.25) is 0 Å². The second-order valence-corrected chi connectivity index (χ2v) is 9.06. The number of hydrogen-bond acceptors (Lipinski definition) is 4. The molecule has 5 nitrogen and oxygen atoms in total. The molecule has 2 N–H and O–H groups in total. The van der Waals surface area contributed by atoms with Gasteiger partial charge in [-0.05, 0) is 37.3 Å². The van der Waals surface area contributed by atoms with Crippen LogP contribution in [0.4, 0.5) is 11.5 Å². The maximum Gasteiger partial charge on any atom is 0.272 e. The number of nitrogens with zero attached hydrogens (tertiary/aromatic N) is 1. The SMILES string of the molecule is CCN(c1ccccc1)S(=O)(=O)c1ccc(NCCSc2ccccc2)[nH+]c1. The fraction of sp³-hybridized carbons (Fsp3) is 0.190. The monoisotopic (exact) mass is 414 g/mol. The van der Waals surface area contributed by atoms with Crippen LogP contribution < -0.4 is 14.6 Å². The largest absolute Gasteiger partial charge is 0.274 e. The molecule has 0 fully saturated rings. The van der Waals surface area contributed by atoms with Crippen molar-refractivity contribution in [2.75, 3.05) is 28.5 Å². The summed E-state index contributed by atoms with van der Waals surface area (Å²) in [6.07, 6.45) is 1.54. The molecule has 3 rings (SSSR count). The minimum atomic E-state index is -3.61. The van der Waals surface area contributed by atoms with Gasteiger partial charge in [-0.1, -0.05) is 36.4 Å². The molecule has 28 heavy (non-hydrogen) atoms. The highest BCUT2D eigenvalue weighted by molar-refractivity contribution is 7.99. The molecule has 0 radical (unpaired) electrons. The summed E-state index contributed by atoms with van der Waals surface area (Å²) in [5.74, 6) is 1.70. The zero-order valence-electron chi connectivity index (χ0n) is 15.7. The summed E-state index contributed by atoms with van der Waals surface area (Å²) in [6.45, 7) is 2.96. The van der Waals surface area contributed by atoms with Crippen molar-refractivity contribution in [2.45, 2.75) is 16.7 Å². The molecule has 0 bridgehead atoms. The van der Waals surface area contributed by atoms with Gasteiger partial charge in [0.25, 0.3) is 15.8 Å². The normalized spacial score (nSPS) is 11.2. The van der Waals surface area contributed by atoms with Crippen molar-refractivity contribution in [2.24, 2.45) is 0 Å². The minimum Gasteiger partial charge on any atom is -0.274 e. The smallest absolute Gasteiger partial charge is 0.272 e. The first-order valence-corrected chi connectivity index (χ1v) is 11.5. The zero-order chi connectivity index (χ0) is 19.8. The van der Waals surface area contributed by atoms with Crippen molar-refractivity contribution in [3.05, 3.63) is 79.0 Å².